The molecule has 0 aliphatic rings. The molecule has 0 bridgehead atoms. The van der Waals surface area contributed by atoms with Crippen LogP contribution in [0.15, 0.2) is 60.7 Å². The molecule has 2 aromatic rings. The number of benzene rings is 2. The first kappa shape index (κ1) is 16.2. The number of hydrogen-bond donors (Lipinski definition) is 1. The number of allylic oxidation sites excluding steroid dienone is 1. The van der Waals surface area contributed by atoms with E-state index in [-0.39, 0.29) is 5.78 Å². The van der Waals surface area contributed by atoms with Crippen molar-refractivity contribution >= 4 is 23.9 Å². The van der Waals surface area contributed by atoms with E-state index in [4.69, 9.17) is 9.84 Å². The average Bonchev–Trinajstić information content (AvgIpc) is 2.58. The van der Waals surface area contributed by atoms with Crippen molar-refractivity contribution in [3.8, 4) is 5.75 Å². The average molecular weight is 308 g/mol. The Bertz CT molecular complexity index is 738. The molecule has 2 aromatic carbocycles. The largest absolute Gasteiger partial charge is 0.497 e. The highest BCUT2D eigenvalue weighted by atomic mass is 16.5. The fourth-order valence-corrected chi connectivity index (χ4v) is 1.91. The SMILES string of the molecule is COc1ccc(C(=O)/C=C/c2ccc(C=CC(=O)O)cc2)cc1. The summed E-state index contributed by atoms with van der Waals surface area (Å²) in [4.78, 5) is 22.5. The van der Waals surface area contributed by atoms with Crippen molar-refractivity contribution in [2.75, 3.05) is 7.11 Å². The quantitative estimate of drug-likeness (QED) is 0.653. The van der Waals surface area contributed by atoms with E-state index in [1.165, 1.54) is 12.2 Å². The lowest BCUT2D eigenvalue weighted by molar-refractivity contribution is -0.131. The van der Waals surface area contributed by atoms with Crippen molar-refractivity contribution in [1.82, 2.24) is 0 Å². The predicted molar refractivity (Wildman–Crippen MR) is 89.5 cm³/mol. The highest BCUT2D eigenvalue weighted by molar-refractivity contribution is 6.06. The number of ketones is 1. The molecule has 116 valence electrons. The Labute approximate surface area is 134 Å². The summed E-state index contributed by atoms with van der Waals surface area (Å²) in [6.07, 6.45) is 5.82. The molecule has 23 heavy (non-hydrogen) atoms. The van der Waals surface area contributed by atoms with E-state index in [1.54, 1.807) is 49.6 Å². The zero-order valence-electron chi connectivity index (χ0n) is 12.6. The lowest BCUT2D eigenvalue weighted by atomic mass is 10.1. The normalized spacial score (nSPS) is 11.0. The van der Waals surface area contributed by atoms with Gasteiger partial charge in [-0.3, -0.25) is 4.79 Å². The number of carbonyl (C=O) groups excluding carboxylic acids is 1. The molecule has 0 aliphatic carbocycles. The van der Waals surface area contributed by atoms with Crippen molar-refractivity contribution < 1.29 is 19.4 Å². The summed E-state index contributed by atoms with van der Waals surface area (Å²) < 4.78 is 5.05. The second-order valence-electron chi connectivity index (χ2n) is 4.76. The van der Waals surface area contributed by atoms with Crippen LogP contribution >= 0.6 is 0 Å². The van der Waals surface area contributed by atoms with Gasteiger partial charge in [-0.15, -0.1) is 0 Å². The van der Waals surface area contributed by atoms with E-state index >= 15 is 0 Å². The van der Waals surface area contributed by atoms with Gasteiger partial charge in [0.1, 0.15) is 5.75 Å². The molecule has 4 heteroatoms. The van der Waals surface area contributed by atoms with Crippen LogP contribution in [0.5, 0.6) is 5.75 Å². The third-order valence-corrected chi connectivity index (χ3v) is 3.16. The molecule has 0 saturated carbocycles. The van der Waals surface area contributed by atoms with Gasteiger partial charge in [0.2, 0.25) is 0 Å². The van der Waals surface area contributed by atoms with Gasteiger partial charge in [0, 0.05) is 11.6 Å². The van der Waals surface area contributed by atoms with Crippen molar-refractivity contribution in [2.24, 2.45) is 0 Å². The van der Waals surface area contributed by atoms with Gasteiger partial charge < -0.3 is 9.84 Å². The van der Waals surface area contributed by atoms with Crippen LogP contribution in [0.2, 0.25) is 0 Å². The molecule has 0 aliphatic heterocycles. The van der Waals surface area contributed by atoms with Crippen molar-refractivity contribution in [1.29, 1.82) is 0 Å². The molecule has 0 unspecified atom stereocenters. The minimum atomic E-state index is -0.987. The number of ether oxygens (including phenoxy) is 1. The second-order valence-corrected chi connectivity index (χ2v) is 4.76. The molecule has 0 amide bonds. The van der Waals surface area contributed by atoms with Crippen LogP contribution in [0, 0.1) is 0 Å². The van der Waals surface area contributed by atoms with E-state index in [0.29, 0.717) is 11.3 Å². The topological polar surface area (TPSA) is 63.6 Å². The number of rotatable bonds is 6. The van der Waals surface area contributed by atoms with Crippen LogP contribution in [0.1, 0.15) is 21.5 Å². The molecule has 0 heterocycles. The summed E-state index contributed by atoms with van der Waals surface area (Å²) in [5.74, 6) is -0.378. The molecule has 2 rings (SSSR count). The van der Waals surface area contributed by atoms with E-state index in [2.05, 4.69) is 0 Å². The van der Waals surface area contributed by atoms with Crippen molar-refractivity contribution in [3.05, 3.63) is 77.4 Å². The summed E-state index contributed by atoms with van der Waals surface area (Å²) in [5, 5.41) is 8.57. The number of aliphatic carboxylic acids is 1. The summed E-state index contributed by atoms with van der Waals surface area (Å²) in [6, 6.07) is 14.1. The Kier molecular flexibility index (Phi) is 5.47. The molecule has 1 N–H and O–H groups in total. The minimum absolute atomic E-state index is 0.0949. The molecule has 4 nitrogen and oxygen atoms in total. The molecule has 0 spiro atoms. The zero-order chi connectivity index (χ0) is 16.7. The molecule has 0 aromatic heterocycles. The number of carboxylic acids is 1. The first-order chi connectivity index (χ1) is 11.1. The lowest BCUT2D eigenvalue weighted by Crippen LogP contribution is -1.94. The maximum absolute atomic E-state index is 12.1. The molecule has 0 radical (unpaired) electrons. The number of carboxylic acid groups (broad SMARTS) is 1. The van der Waals surface area contributed by atoms with Gasteiger partial charge in [0.25, 0.3) is 0 Å². The Morgan fingerprint density at radius 1 is 0.870 bits per heavy atom. The zero-order valence-corrected chi connectivity index (χ0v) is 12.6. The molecular weight excluding hydrogens is 292 g/mol. The Balaban J connectivity index is 2.04. The van der Waals surface area contributed by atoms with E-state index in [9.17, 15) is 9.59 Å². The van der Waals surface area contributed by atoms with Crippen LogP contribution < -0.4 is 4.74 Å². The van der Waals surface area contributed by atoms with Gasteiger partial charge in [0.15, 0.2) is 5.78 Å². The Morgan fingerprint density at radius 2 is 1.39 bits per heavy atom. The maximum atomic E-state index is 12.1. The van der Waals surface area contributed by atoms with Gasteiger partial charge in [-0.05, 0) is 47.5 Å². The second kappa shape index (κ2) is 7.75. The van der Waals surface area contributed by atoms with Crippen LogP contribution in [0.3, 0.4) is 0 Å². The fourth-order valence-electron chi connectivity index (χ4n) is 1.91. The van der Waals surface area contributed by atoms with Crippen LogP contribution in [0.25, 0.3) is 12.2 Å². The highest BCUT2D eigenvalue weighted by Crippen LogP contribution is 2.13. The van der Waals surface area contributed by atoms with Gasteiger partial charge in [-0.1, -0.05) is 30.3 Å². The summed E-state index contributed by atoms with van der Waals surface area (Å²) in [5.41, 5.74) is 2.23. The van der Waals surface area contributed by atoms with E-state index < -0.39 is 5.97 Å². The van der Waals surface area contributed by atoms with Gasteiger partial charge in [-0.2, -0.15) is 0 Å². The molecule has 0 fully saturated rings. The smallest absolute Gasteiger partial charge is 0.328 e. The third-order valence-electron chi connectivity index (χ3n) is 3.16. The molecular formula is C19H16O4. The van der Waals surface area contributed by atoms with Crippen LogP contribution in [0.4, 0.5) is 0 Å². The van der Waals surface area contributed by atoms with Gasteiger partial charge >= 0.3 is 5.97 Å². The van der Waals surface area contributed by atoms with Crippen molar-refractivity contribution in [2.45, 2.75) is 0 Å². The van der Waals surface area contributed by atoms with Crippen LogP contribution in [-0.4, -0.2) is 24.0 Å². The third kappa shape index (κ3) is 4.97. The van der Waals surface area contributed by atoms with E-state index in [1.807, 2.05) is 12.1 Å². The fraction of sp³-hybridized carbons (Fsp3) is 0.0526. The highest BCUT2D eigenvalue weighted by Gasteiger charge is 2.01. The lowest BCUT2D eigenvalue weighted by Gasteiger charge is -2.00. The number of carbonyl (C=O) groups is 2. The number of hydrogen-bond acceptors (Lipinski definition) is 3. The summed E-state index contributed by atoms with van der Waals surface area (Å²) in [6.45, 7) is 0. The molecule has 0 atom stereocenters. The van der Waals surface area contributed by atoms with Gasteiger partial charge in [-0.25, -0.2) is 4.79 Å². The summed E-state index contributed by atoms with van der Waals surface area (Å²) >= 11 is 0. The number of methoxy groups -OCH3 is 1. The van der Waals surface area contributed by atoms with Crippen LogP contribution in [-0.2, 0) is 4.79 Å². The first-order valence-corrected chi connectivity index (χ1v) is 6.96. The predicted octanol–water partition coefficient (Wildman–Crippen LogP) is 3.69. The maximum Gasteiger partial charge on any atom is 0.328 e. The molecule has 0 saturated heterocycles. The monoisotopic (exact) mass is 308 g/mol. The van der Waals surface area contributed by atoms with Crippen molar-refractivity contribution in [3.63, 3.8) is 0 Å². The standard InChI is InChI=1S/C19H16O4/c1-23-17-10-8-16(9-11-17)18(20)12-6-14-2-4-15(5-3-14)7-13-19(21)22/h2-13H,1H3,(H,21,22)/b12-6+,13-7?. The Hall–Kier alpha value is -3.14. The van der Waals surface area contributed by atoms with Gasteiger partial charge in [0.05, 0.1) is 7.11 Å². The minimum Gasteiger partial charge on any atom is -0.497 e. The summed E-state index contributed by atoms with van der Waals surface area (Å²) in [7, 11) is 1.58. The van der Waals surface area contributed by atoms with E-state index in [0.717, 1.165) is 17.2 Å². The Morgan fingerprint density at radius 3 is 1.87 bits per heavy atom. The first-order valence-electron chi connectivity index (χ1n) is 6.96.